The van der Waals surface area contributed by atoms with Crippen LogP contribution in [0.25, 0.3) is 10.1 Å². The number of thiophene rings is 1. The molecule has 0 saturated carbocycles. The van der Waals surface area contributed by atoms with E-state index in [9.17, 15) is 9.18 Å². The van der Waals surface area contributed by atoms with Crippen LogP contribution in [0.5, 0.6) is 0 Å². The molecular formula is C18H14ClFN2O2S2. The minimum absolute atomic E-state index is 0.274. The van der Waals surface area contributed by atoms with E-state index in [4.69, 9.17) is 28.6 Å². The van der Waals surface area contributed by atoms with Crippen LogP contribution >= 0.6 is 35.2 Å². The van der Waals surface area contributed by atoms with Crippen LogP contribution in [0, 0.1) is 5.82 Å². The van der Waals surface area contributed by atoms with Gasteiger partial charge in [-0.15, -0.1) is 11.3 Å². The van der Waals surface area contributed by atoms with Gasteiger partial charge in [0.1, 0.15) is 10.7 Å². The Bertz CT molecular complexity index is 973. The van der Waals surface area contributed by atoms with Gasteiger partial charge in [0.05, 0.1) is 12.1 Å². The summed E-state index contributed by atoms with van der Waals surface area (Å²) in [5.41, 5.74) is 1.68. The highest BCUT2D eigenvalue weighted by molar-refractivity contribution is 7.80. The van der Waals surface area contributed by atoms with Gasteiger partial charge in [0, 0.05) is 22.3 Å². The molecule has 0 aliphatic heterocycles. The number of carbonyl (C=O) groups excluding carboxylic acids is 1. The van der Waals surface area contributed by atoms with Crippen LogP contribution < -0.4 is 10.6 Å². The van der Waals surface area contributed by atoms with Crippen molar-refractivity contribution >= 4 is 62.0 Å². The molecule has 3 rings (SSSR count). The fourth-order valence-electron chi connectivity index (χ4n) is 2.33. The van der Waals surface area contributed by atoms with Crippen molar-refractivity contribution in [3.63, 3.8) is 0 Å². The third kappa shape index (κ3) is 4.12. The molecule has 8 heteroatoms. The summed E-state index contributed by atoms with van der Waals surface area (Å²) < 4.78 is 18.5. The zero-order chi connectivity index (χ0) is 18.7. The fraction of sp³-hybridized carbons (Fsp3) is 0.111. The molecule has 3 aromatic rings. The Kier molecular flexibility index (Phi) is 5.70. The number of methoxy groups -OCH3 is 1. The largest absolute Gasteiger partial charge is 0.465 e. The number of hydrogen-bond donors (Lipinski definition) is 2. The van der Waals surface area contributed by atoms with E-state index < -0.39 is 5.97 Å². The molecule has 0 aliphatic rings. The number of fused-ring (bicyclic) bond motifs is 1. The van der Waals surface area contributed by atoms with Gasteiger partial charge < -0.3 is 15.4 Å². The third-order valence-corrected chi connectivity index (χ3v) is 5.51. The number of ether oxygens (including phenoxy) is 1. The summed E-state index contributed by atoms with van der Waals surface area (Å²) in [6, 6.07) is 11.7. The van der Waals surface area contributed by atoms with E-state index in [2.05, 4.69) is 10.6 Å². The van der Waals surface area contributed by atoms with Gasteiger partial charge in [-0.2, -0.15) is 0 Å². The summed E-state index contributed by atoms with van der Waals surface area (Å²) in [6.07, 6.45) is 0. The number of thiocarbonyl (C=S) groups is 1. The first kappa shape index (κ1) is 18.6. The molecule has 0 amide bonds. The zero-order valence-electron chi connectivity index (χ0n) is 13.6. The molecule has 26 heavy (non-hydrogen) atoms. The highest BCUT2D eigenvalue weighted by Gasteiger charge is 2.17. The van der Waals surface area contributed by atoms with Crippen LogP contribution in [0.3, 0.4) is 0 Å². The van der Waals surface area contributed by atoms with Crippen molar-refractivity contribution in [3.05, 3.63) is 63.7 Å². The van der Waals surface area contributed by atoms with Gasteiger partial charge in [-0.1, -0.05) is 23.7 Å². The van der Waals surface area contributed by atoms with Crippen molar-refractivity contribution in [2.75, 3.05) is 12.4 Å². The second-order valence-electron chi connectivity index (χ2n) is 5.38. The highest BCUT2D eigenvalue weighted by atomic mass is 35.5. The molecule has 0 fully saturated rings. The monoisotopic (exact) mass is 408 g/mol. The Balaban J connectivity index is 1.69. The average Bonchev–Trinajstić information content (AvgIpc) is 2.97. The SMILES string of the molecule is COC(=O)c1sc2cc(NC(=S)NCc3ccc(F)cc3)ccc2c1Cl. The quantitative estimate of drug-likeness (QED) is 0.471. The van der Waals surface area contributed by atoms with Gasteiger partial charge in [0.25, 0.3) is 0 Å². The number of benzene rings is 2. The maximum absolute atomic E-state index is 12.9. The molecule has 0 aliphatic carbocycles. The van der Waals surface area contributed by atoms with Crippen LogP contribution in [0.2, 0.25) is 5.02 Å². The first-order valence-corrected chi connectivity index (χ1v) is 9.18. The Hall–Kier alpha value is -2.22. The lowest BCUT2D eigenvalue weighted by atomic mass is 10.2. The van der Waals surface area contributed by atoms with Gasteiger partial charge in [-0.3, -0.25) is 0 Å². The smallest absolute Gasteiger partial charge is 0.349 e. The lowest BCUT2D eigenvalue weighted by Gasteiger charge is -2.10. The maximum Gasteiger partial charge on any atom is 0.349 e. The first-order valence-electron chi connectivity index (χ1n) is 7.57. The predicted octanol–water partition coefficient (Wildman–Crippen LogP) is 4.97. The Morgan fingerprint density at radius 2 is 2.00 bits per heavy atom. The number of nitrogens with one attached hydrogen (secondary N) is 2. The Labute approximate surface area is 163 Å². The molecule has 134 valence electrons. The van der Waals surface area contributed by atoms with Gasteiger partial charge in [0.15, 0.2) is 5.11 Å². The minimum Gasteiger partial charge on any atom is -0.465 e. The number of rotatable bonds is 4. The van der Waals surface area contributed by atoms with Gasteiger partial charge in [0.2, 0.25) is 0 Å². The topological polar surface area (TPSA) is 50.4 Å². The number of hydrogen-bond acceptors (Lipinski definition) is 4. The van der Waals surface area contributed by atoms with Gasteiger partial charge in [-0.25, -0.2) is 9.18 Å². The molecule has 2 aromatic carbocycles. The molecule has 0 atom stereocenters. The molecule has 1 aromatic heterocycles. The molecule has 0 spiro atoms. The number of esters is 1. The molecule has 0 radical (unpaired) electrons. The minimum atomic E-state index is -0.456. The van der Waals surface area contributed by atoms with Crippen LogP contribution in [0.4, 0.5) is 10.1 Å². The van der Waals surface area contributed by atoms with Crippen molar-refractivity contribution in [3.8, 4) is 0 Å². The van der Waals surface area contributed by atoms with Crippen molar-refractivity contribution in [2.24, 2.45) is 0 Å². The van der Waals surface area contributed by atoms with Crippen molar-refractivity contribution in [1.29, 1.82) is 0 Å². The van der Waals surface area contributed by atoms with Crippen molar-refractivity contribution < 1.29 is 13.9 Å². The number of halogens is 2. The molecule has 0 saturated heterocycles. The van der Waals surface area contributed by atoms with Gasteiger partial charge in [-0.05, 0) is 48.1 Å². The van der Waals surface area contributed by atoms with E-state index in [0.717, 1.165) is 21.3 Å². The summed E-state index contributed by atoms with van der Waals surface area (Å²) >= 11 is 12.8. The molecule has 1 heterocycles. The maximum atomic E-state index is 12.9. The standard InChI is InChI=1S/C18H14ClFN2O2S2/c1-24-17(23)16-15(19)13-7-6-12(8-14(13)26-16)22-18(25)21-9-10-2-4-11(20)5-3-10/h2-8H,9H2,1H3,(H2,21,22,25). The average molecular weight is 409 g/mol. The second-order valence-corrected chi connectivity index (χ2v) is 7.22. The van der Waals surface area contributed by atoms with Gasteiger partial charge >= 0.3 is 5.97 Å². The summed E-state index contributed by atoms with van der Waals surface area (Å²) in [5.74, 6) is -0.731. The van der Waals surface area contributed by atoms with E-state index >= 15 is 0 Å². The van der Waals surface area contributed by atoms with Crippen LogP contribution in [0.15, 0.2) is 42.5 Å². The molecule has 0 bridgehead atoms. The lowest BCUT2D eigenvalue weighted by molar-refractivity contribution is 0.0606. The van der Waals surface area contributed by atoms with E-state index in [1.807, 2.05) is 18.2 Å². The summed E-state index contributed by atoms with van der Waals surface area (Å²) in [6.45, 7) is 0.478. The summed E-state index contributed by atoms with van der Waals surface area (Å²) in [5, 5.41) is 7.75. The molecular weight excluding hydrogens is 395 g/mol. The van der Waals surface area contributed by atoms with Crippen molar-refractivity contribution in [2.45, 2.75) is 6.54 Å². The molecule has 4 nitrogen and oxygen atoms in total. The second kappa shape index (κ2) is 7.99. The summed E-state index contributed by atoms with van der Waals surface area (Å²) in [4.78, 5) is 12.1. The van der Waals surface area contributed by atoms with Crippen molar-refractivity contribution in [1.82, 2.24) is 5.32 Å². The van der Waals surface area contributed by atoms with E-state index in [0.29, 0.717) is 21.6 Å². The van der Waals surface area contributed by atoms with Crippen LogP contribution in [0.1, 0.15) is 15.2 Å². The lowest BCUT2D eigenvalue weighted by Crippen LogP contribution is -2.27. The fourth-order valence-corrected chi connectivity index (χ4v) is 3.98. The number of anilines is 1. The zero-order valence-corrected chi connectivity index (χ0v) is 16.0. The van der Waals surface area contributed by atoms with E-state index in [1.165, 1.54) is 30.6 Å². The highest BCUT2D eigenvalue weighted by Crippen LogP contribution is 2.37. The Morgan fingerprint density at radius 3 is 2.69 bits per heavy atom. The normalized spacial score (nSPS) is 10.6. The van der Waals surface area contributed by atoms with E-state index in [1.54, 1.807) is 12.1 Å². The van der Waals surface area contributed by atoms with Crippen LogP contribution in [-0.2, 0) is 11.3 Å². The molecule has 0 unspecified atom stereocenters. The third-order valence-electron chi connectivity index (χ3n) is 3.62. The van der Waals surface area contributed by atoms with E-state index in [-0.39, 0.29) is 5.82 Å². The van der Waals surface area contributed by atoms with Crippen LogP contribution in [-0.4, -0.2) is 18.2 Å². The predicted molar refractivity (Wildman–Crippen MR) is 108 cm³/mol. The Morgan fingerprint density at radius 1 is 1.27 bits per heavy atom. The number of carbonyl (C=O) groups is 1. The molecule has 2 N–H and O–H groups in total. The first-order chi connectivity index (χ1) is 12.5. The summed E-state index contributed by atoms with van der Waals surface area (Å²) in [7, 11) is 1.32.